The van der Waals surface area contributed by atoms with Gasteiger partial charge in [-0.25, -0.2) is 9.59 Å². The van der Waals surface area contributed by atoms with Crippen molar-refractivity contribution in [3.05, 3.63) is 0 Å². The van der Waals surface area contributed by atoms with Crippen molar-refractivity contribution in [1.82, 2.24) is 0 Å². The smallest absolute Gasteiger partial charge is 0.347 e. The molecule has 0 aliphatic heterocycles. The van der Waals surface area contributed by atoms with E-state index in [1.807, 2.05) is 13.8 Å². The SMILES string of the molecule is CCCCOC(=O)C(C)OC(=O)C1CCCCC1C(=O)OC(C)C(=O)OCCCC. The van der Waals surface area contributed by atoms with Gasteiger partial charge in [-0.05, 0) is 39.5 Å². The van der Waals surface area contributed by atoms with Gasteiger partial charge in [-0.3, -0.25) is 9.59 Å². The van der Waals surface area contributed by atoms with Crippen LogP contribution in [0.2, 0.25) is 0 Å². The van der Waals surface area contributed by atoms with Gasteiger partial charge in [0.15, 0.2) is 12.2 Å². The lowest BCUT2D eigenvalue weighted by Crippen LogP contribution is -2.39. The van der Waals surface area contributed by atoms with Crippen molar-refractivity contribution >= 4 is 23.9 Å². The summed E-state index contributed by atoms with van der Waals surface area (Å²) < 4.78 is 20.7. The maximum absolute atomic E-state index is 12.6. The average molecular weight is 429 g/mol. The van der Waals surface area contributed by atoms with Crippen molar-refractivity contribution in [3.8, 4) is 0 Å². The van der Waals surface area contributed by atoms with Crippen LogP contribution in [0.15, 0.2) is 0 Å². The second kappa shape index (κ2) is 14.0. The largest absolute Gasteiger partial charge is 0.463 e. The third-order valence-corrected chi connectivity index (χ3v) is 5.11. The normalized spacial score (nSPS) is 20.5. The summed E-state index contributed by atoms with van der Waals surface area (Å²) >= 11 is 0. The molecular weight excluding hydrogens is 392 g/mol. The molecule has 1 saturated carbocycles. The molecular formula is C22H36O8. The molecule has 0 heterocycles. The standard InChI is InChI=1S/C22H36O8/c1-5-7-13-27-19(23)15(3)29-21(25)17-11-9-10-12-18(17)22(26)30-16(4)20(24)28-14-8-6-2/h15-18H,5-14H2,1-4H3. The van der Waals surface area contributed by atoms with E-state index in [0.29, 0.717) is 12.8 Å². The molecule has 4 unspecified atom stereocenters. The molecule has 0 spiro atoms. The summed E-state index contributed by atoms with van der Waals surface area (Å²) in [6, 6.07) is 0. The highest BCUT2D eigenvalue weighted by atomic mass is 16.6. The summed E-state index contributed by atoms with van der Waals surface area (Å²) in [7, 11) is 0. The fourth-order valence-corrected chi connectivity index (χ4v) is 3.18. The minimum Gasteiger partial charge on any atom is -0.463 e. The summed E-state index contributed by atoms with van der Waals surface area (Å²) in [4.78, 5) is 49.1. The Labute approximate surface area is 178 Å². The lowest BCUT2D eigenvalue weighted by Gasteiger charge is -2.29. The van der Waals surface area contributed by atoms with Gasteiger partial charge >= 0.3 is 23.9 Å². The van der Waals surface area contributed by atoms with Crippen molar-refractivity contribution in [1.29, 1.82) is 0 Å². The van der Waals surface area contributed by atoms with Gasteiger partial charge in [-0.15, -0.1) is 0 Å². The van der Waals surface area contributed by atoms with Crippen LogP contribution in [0.4, 0.5) is 0 Å². The van der Waals surface area contributed by atoms with E-state index in [1.54, 1.807) is 0 Å². The minimum absolute atomic E-state index is 0.280. The van der Waals surface area contributed by atoms with E-state index < -0.39 is 47.9 Å². The molecule has 0 amide bonds. The van der Waals surface area contributed by atoms with Gasteiger partial charge in [0.1, 0.15) is 0 Å². The molecule has 172 valence electrons. The Morgan fingerprint density at radius 3 is 1.43 bits per heavy atom. The Morgan fingerprint density at radius 1 is 0.733 bits per heavy atom. The molecule has 0 radical (unpaired) electrons. The van der Waals surface area contributed by atoms with Gasteiger partial charge in [0, 0.05) is 0 Å². The van der Waals surface area contributed by atoms with Crippen molar-refractivity contribution in [2.75, 3.05) is 13.2 Å². The molecule has 0 aromatic heterocycles. The first kappa shape index (κ1) is 25.9. The van der Waals surface area contributed by atoms with Crippen molar-refractivity contribution < 1.29 is 38.1 Å². The zero-order chi connectivity index (χ0) is 22.5. The minimum atomic E-state index is -1.04. The topological polar surface area (TPSA) is 105 Å². The summed E-state index contributed by atoms with van der Waals surface area (Å²) in [5, 5.41) is 0. The molecule has 0 aromatic carbocycles. The molecule has 1 aliphatic carbocycles. The van der Waals surface area contributed by atoms with Gasteiger partial charge in [0.05, 0.1) is 25.0 Å². The first-order chi connectivity index (χ1) is 14.3. The van der Waals surface area contributed by atoms with Crippen LogP contribution in [-0.4, -0.2) is 49.3 Å². The summed E-state index contributed by atoms with van der Waals surface area (Å²) in [6.07, 6.45) is 3.64. The Balaban J connectivity index is 2.61. The maximum Gasteiger partial charge on any atom is 0.347 e. The van der Waals surface area contributed by atoms with E-state index in [4.69, 9.17) is 18.9 Å². The first-order valence-electron chi connectivity index (χ1n) is 11.1. The molecule has 0 aromatic rings. The third-order valence-electron chi connectivity index (χ3n) is 5.11. The predicted octanol–water partition coefficient (Wildman–Crippen LogP) is 3.34. The number of ether oxygens (including phenoxy) is 4. The molecule has 1 aliphatic rings. The monoisotopic (exact) mass is 428 g/mol. The lowest BCUT2D eigenvalue weighted by atomic mass is 9.79. The van der Waals surface area contributed by atoms with Crippen LogP contribution < -0.4 is 0 Å². The van der Waals surface area contributed by atoms with Crippen molar-refractivity contribution in [2.24, 2.45) is 11.8 Å². The van der Waals surface area contributed by atoms with Crippen molar-refractivity contribution in [3.63, 3.8) is 0 Å². The van der Waals surface area contributed by atoms with Crippen LogP contribution in [0, 0.1) is 11.8 Å². The van der Waals surface area contributed by atoms with E-state index in [0.717, 1.165) is 38.5 Å². The van der Waals surface area contributed by atoms with E-state index in [9.17, 15) is 19.2 Å². The Kier molecular flexibility index (Phi) is 12.1. The highest BCUT2D eigenvalue weighted by Gasteiger charge is 2.40. The van der Waals surface area contributed by atoms with E-state index in [-0.39, 0.29) is 13.2 Å². The van der Waals surface area contributed by atoms with E-state index >= 15 is 0 Å². The number of esters is 4. The zero-order valence-corrected chi connectivity index (χ0v) is 18.6. The van der Waals surface area contributed by atoms with Crippen LogP contribution in [0.5, 0.6) is 0 Å². The summed E-state index contributed by atoms with van der Waals surface area (Å²) in [5.41, 5.74) is 0. The Hall–Kier alpha value is -2.12. The van der Waals surface area contributed by atoms with Gasteiger partial charge in [0.2, 0.25) is 0 Å². The molecule has 0 N–H and O–H groups in total. The number of carbonyl (C=O) groups is 4. The second-order valence-electron chi connectivity index (χ2n) is 7.70. The first-order valence-corrected chi connectivity index (χ1v) is 11.1. The number of rotatable bonds is 12. The second-order valence-corrected chi connectivity index (χ2v) is 7.70. The average Bonchev–Trinajstić information content (AvgIpc) is 2.73. The van der Waals surface area contributed by atoms with Gasteiger partial charge in [0.25, 0.3) is 0 Å². The zero-order valence-electron chi connectivity index (χ0n) is 18.6. The predicted molar refractivity (Wildman–Crippen MR) is 108 cm³/mol. The Bertz CT molecular complexity index is 523. The van der Waals surface area contributed by atoms with Gasteiger partial charge < -0.3 is 18.9 Å². The van der Waals surface area contributed by atoms with Crippen LogP contribution >= 0.6 is 0 Å². The van der Waals surface area contributed by atoms with Gasteiger partial charge in [-0.1, -0.05) is 39.5 Å². The van der Waals surface area contributed by atoms with Crippen molar-refractivity contribution in [2.45, 2.75) is 91.3 Å². The number of unbranched alkanes of at least 4 members (excludes halogenated alkanes) is 2. The highest BCUT2D eigenvalue weighted by Crippen LogP contribution is 2.32. The lowest BCUT2D eigenvalue weighted by molar-refractivity contribution is -0.178. The fraction of sp³-hybridized carbons (Fsp3) is 0.818. The van der Waals surface area contributed by atoms with Crippen LogP contribution in [0.1, 0.15) is 79.1 Å². The third kappa shape index (κ3) is 8.71. The fourth-order valence-electron chi connectivity index (χ4n) is 3.18. The molecule has 8 heteroatoms. The van der Waals surface area contributed by atoms with E-state index in [1.165, 1.54) is 13.8 Å². The molecule has 0 saturated heterocycles. The van der Waals surface area contributed by atoms with Crippen LogP contribution in [0.3, 0.4) is 0 Å². The van der Waals surface area contributed by atoms with Crippen LogP contribution in [0.25, 0.3) is 0 Å². The quantitative estimate of drug-likeness (QED) is 0.265. The number of hydrogen-bond acceptors (Lipinski definition) is 8. The summed E-state index contributed by atoms with van der Waals surface area (Å²) in [6.45, 7) is 7.42. The molecule has 1 fully saturated rings. The van der Waals surface area contributed by atoms with E-state index in [2.05, 4.69) is 0 Å². The molecule has 30 heavy (non-hydrogen) atoms. The highest BCUT2D eigenvalue weighted by molar-refractivity contribution is 5.86. The van der Waals surface area contributed by atoms with Crippen LogP contribution in [-0.2, 0) is 38.1 Å². The Morgan fingerprint density at radius 2 is 1.10 bits per heavy atom. The number of hydrogen-bond donors (Lipinski definition) is 0. The molecule has 0 bridgehead atoms. The molecule has 4 atom stereocenters. The summed E-state index contributed by atoms with van der Waals surface area (Å²) in [5.74, 6) is -3.85. The maximum atomic E-state index is 12.6. The molecule has 8 nitrogen and oxygen atoms in total. The molecule has 1 rings (SSSR count). The number of carbonyl (C=O) groups excluding carboxylic acids is 4. The van der Waals surface area contributed by atoms with Gasteiger partial charge in [-0.2, -0.15) is 0 Å².